The number of carbonyl (C=O) groups is 1. The summed E-state index contributed by atoms with van der Waals surface area (Å²) in [5, 5.41) is 8.56. The van der Waals surface area contributed by atoms with Crippen LogP contribution in [0, 0.1) is 0 Å². The lowest BCUT2D eigenvalue weighted by molar-refractivity contribution is 0.0592. The summed E-state index contributed by atoms with van der Waals surface area (Å²) in [5.41, 5.74) is 2.03. The lowest BCUT2D eigenvalue weighted by Gasteiger charge is -2.06. The summed E-state index contributed by atoms with van der Waals surface area (Å²) in [4.78, 5) is 11.6. The monoisotopic (exact) mass is 279 g/mol. The minimum absolute atomic E-state index is 0.270. The summed E-state index contributed by atoms with van der Waals surface area (Å²) in [7, 11) is 1.33. The first-order valence-electron chi connectivity index (χ1n) is 5.90. The Hall–Kier alpha value is -1.88. The average Bonchev–Trinajstić information content (AvgIpc) is 2.80. The van der Waals surface area contributed by atoms with E-state index < -0.39 is 5.97 Å². The summed E-state index contributed by atoms with van der Waals surface area (Å²) in [6.07, 6.45) is 0.651. The fourth-order valence-electron chi connectivity index (χ4n) is 1.87. The zero-order chi connectivity index (χ0) is 13.8. The van der Waals surface area contributed by atoms with Crippen molar-refractivity contribution in [3.8, 4) is 0 Å². The SMILES string of the molecule is CCc1c(C(=O)OC)nnn1Cc1cccc(Cl)c1. The first kappa shape index (κ1) is 13.5. The number of nitrogens with zero attached hydrogens (tertiary/aromatic N) is 3. The fraction of sp³-hybridized carbons (Fsp3) is 0.308. The van der Waals surface area contributed by atoms with Crippen molar-refractivity contribution in [3.05, 3.63) is 46.2 Å². The van der Waals surface area contributed by atoms with Crippen LogP contribution in [0.3, 0.4) is 0 Å². The summed E-state index contributed by atoms with van der Waals surface area (Å²) < 4.78 is 6.38. The van der Waals surface area contributed by atoms with E-state index in [1.807, 2.05) is 31.2 Å². The molecule has 1 aromatic heterocycles. The molecule has 1 aromatic carbocycles. The summed E-state index contributed by atoms with van der Waals surface area (Å²) in [5.74, 6) is -0.464. The molecule has 100 valence electrons. The largest absolute Gasteiger partial charge is 0.464 e. The maximum Gasteiger partial charge on any atom is 0.360 e. The van der Waals surface area contributed by atoms with Crippen LogP contribution < -0.4 is 0 Å². The van der Waals surface area contributed by atoms with Gasteiger partial charge >= 0.3 is 5.97 Å². The fourth-order valence-corrected chi connectivity index (χ4v) is 2.09. The number of rotatable bonds is 4. The number of hydrogen-bond acceptors (Lipinski definition) is 4. The third-order valence-electron chi connectivity index (χ3n) is 2.77. The van der Waals surface area contributed by atoms with E-state index in [2.05, 4.69) is 15.0 Å². The van der Waals surface area contributed by atoms with E-state index >= 15 is 0 Å². The van der Waals surface area contributed by atoms with Gasteiger partial charge in [0.05, 0.1) is 19.3 Å². The minimum atomic E-state index is -0.464. The standard InChI is InChI=1S/C13H14ClN3O2/c1-3-11-12(13(18)19-2)15-16-17(11)8-9-5-4-6-10(14)7-9/h4-7H,3,8H2,1-2H3. The molecule has 0 radical (unpaired) electrons. The van der Waals surface area contributed by atoms with Crippen molar-refractivity contribution in [1.29, 1.82) is 0 Å². The molecule has 0 aliphatic rings. The van der Waals surface area contributed by atoms with Crippen LogP contribution in [0.1, 0.15) is 28.7 Å². The summed E-state index contributed by atoms with van der Waals surface area (Å²) >= 11 is 5.94. The highest BCUT2D eigenvalue weighted by Crippen LogP contribution is 2.14. The van der Waals surface area contributed by atoms with E-state index in [1.54, 1.807) is 4.68 Å². The quantitative estimate of drug-likeness (QED) is 0.806. The maximum atomic E-state index is 11.6. The molecular formula is C13H14ClN3O2. The van der Waals surface area contributed by atoms with E-state index in [9.17, 15) is 4.79 Å². The first-order chi connectivity index (χ1) is 9.15. The molecule has 0 spiro atoms. The van der Waals surface area contributed by atoms with Crippen LogP contribution in [0.25, 0.3) is 0 Å². The number of benzene rings is 1. The van der Waals surface area contributed by atoms with Gasteiger partial charge in [0.15, 0.2) is 5.69 Å². The molecule has 19 heavy (non-hydrogen) atoms. The number of aromatic nitrogens is 3. The Morgan fingerprint density at radius 2 is 2.26 bits per heavy atom. The number of esters is 1. The molecule has 0 amide bonds. The Labute approximate surface area is 116 Å². The van der Waals surface area contributed by atoms with Crippen LogP contribution >= 0.6 is 11.6 Å². The lowest BCUT2D eigenvalue weighted by atomic mass is 10.2. The second-order valence-corrected chi connectivity index (χ2v) is 4.45. The predicted molar refractivity (Wildman–Crippen MR) is 71.3 cm³/mol. The normalized spacial score (nSPS) is 10.5. The highest BCUT2D eigenvalue weighted by atomic mass is 35.5. The van der Waals surface area contributed by atoms with Crippen molar-refractivity contribution in [2.45, 2.75) is 19.9 Å². The Kier molecular flexibility index (Phi) is 4.16. The number of halogens is 1. The van der Waals surface area contributed by atoms with Gasteiger partial charge in [-0.3, -0.25) is 0 Å². The van der Waals surface area contributed by atoms with Crippen molar-refractivity contribution in [2.75, 3.05) is 7.11 Å². The number of carbonyl (C=O) groups excluding carboxylic acids is 1. The first-order valence-corrected chi connectivity index (χ1v) is 6.28. The second kappa shape index (κ2) is 5.84. The van der Waals surface area contributed by atoms with Gasteiger partial charge in [0, 0.05) is 5.02 Å². The highest BCUT2D eigenvalue weighted by Gasteiger charge is 2.18. The van der Waals surface area contributed by atoms with Gasteiger partial charge in [-0.15, -0.1) is 5.10 Å². The van der Waals surface area contributed by atoms with Crippen LogP contribution in [-0.2, 0) is 17.7 Å². The number of methoxy groups -OCH3 is 1. The van der Waals surface area contributed by atoms with E-state index in [-0.39, 0.29) is 5.69 Å². The van der Waals surface area contributed by atoms with E-state index in [1.165, 1.54) is 7.11 Å². The van der Waals surface area contributed by atoms with Crippen molar-refractivity contribution in [1.82, 2.24) is 15.0 Å². The van der Waals surface area contributed by atoms with Crippen LogP contribution in [0.5, 0.6) is 0 Å². The van der Waals surface area contributed by atoms with Gasteiger partial charge in [-0.2, -0.15) is 0 Å². The molecule has 0 fully saturated rings. The Balaban J connectivity index is 2.30. The molecule has 0 N–H and O–H groups in total. The molecular weight excluding hydrogens is 266 g/mol. The van der Waals surface area contributed by atoms with Gasteiger partial charge in [-0.25, -0.2) is 9.48 Å². The molecule has 0 saturated carbocycles. The van der Waals surface area contributed by atoms with Gasteiger partial charge in [-0.1, -0.05) is 35.9 Å². The summed E-state index contributed by atoms with van der Waals surface area (Å²) in [6.45, 7) is 2.47. The van der Waals surface area contributed by atoms with Crippen molar-refractivity contribution >= 4 is 17.6 Å². The van der Waals surface area contributed by atoms with Crippen LogP contribution in [0.15, 0.2) is 24.3 Å². The Morgan fingerprint density at radius 1 is 1.47 bits per heavy atom. The molecule has 0 aliphatic carbocycles. The minimum Gasteiger partial charge on any atom is -0.464 e. The third kappa shape index (κ3) is 2.93. The molecule has 0 aliphatic heterocycles. The summed E-state index contributed by atoms with van der Waals surface area (Å²) in [6, 6.07) is 7.50. The second-order valence-electron chi connectivity index (χ2n) is 4.02. The van der Waals surface area contributed by atoms with Gasteiger partial charge in [-0.05, 0) is 24.1 Å². The van der Waals surface area contributed by atoms with Gasteiger partial charge < -0.3 is 4.74 Å². The molecule has 2 aromatic rings. The van der Waals surface area contributed by atoms with E-state index in [0.717, 1.165) is 11.3 Å². The van der Waals surface area contributed by atoms with Crippen LogP contribution in [-0.4, -0.2) is 28.1 Å². The van der Waals surface area contributed by atoms with Gasteiger partial charge in [0.25, 0.3) is 0 Å². The zero-order valence-corrected chi connectivity index (χ0v) is 11.5. The van der Waals surface area contributed by atoms with Crippen molar-refractivity contribution < 1.29 is 9.53 Å². The smallest absolute Gasteiger partial charge is 0.360 e. The topological polar surface area (TPSA) is 57.0 Å². The molecule has 5 nitrogen and oxygen atoms in total. The van der Waals surface area contributed by atoms with E-state index in [0.29, 0.717) is 18.0 Å². The van der Waals surface area contributed by atoms with Gasteiger partial charge in [0.1, 0.15) is 0 Å². The predicted octanol–water partition coefficient (Wildman–Crippen LogP) is 2.33. The molecule has 0 unspecified atom stereocenters. The van der Waals surface area contributed by atoms with E-state index in [4.69, 9.17) is 11.6 Å². The molecule has 2 rings (SSSR count). The zero-order valence-electron chi connectivity index (χ0n) is 10.8. The third-order valence-corrected chi connectivity index (χ3v) is 3.01. The maximum absolute atomic E-state index is 11.6. The lowest BCUT2D eigenvalue weighted by Crippen LogP contribution is -2.09. The molecule has 1 heterocycles. The molecule has 0 saturated heterocycles. The average molecular weight is 280 g/mol. The van der Waals surface area contributed by atoms with Gasteiger partial charge in [0.2, 0.25) is 0 Å². The molecule has 6 heteroatoms. The van der Waals surface area contributed by atoms with Crippen LogP contribution in [0.4, 0.5) is 0 Å². The number of ether oxygens (including phenoxy) is 1. The highest BCUT2D eigenvalue weighted by molar-refractivity contribution is 6.30. The Bertz CT molecular complexity index is 595. The molecule has 0 bridgehead atoms. The molecule has 0 atom stereocenters. The Morgan fingerprint density at radius 3 is 2.89 bits per heavy atom. The van der Waals surface area contributed by atoms with Crippen LogP contribution in [0.2, 0.25) is 5.02 Å². The van der Waals surface area contributed by atoms with Crippen molar-refractivity contribution in [3.63, 3.8) is 0 Å². The number of hydrogen-bond donors (Lipinski definition) is 0. The van der Waals surface area contributed by atoms with Crippen molar-refractivity contribution in [2.24, 2.45) is 0 Å².